The van der Waals surface area contributed by atoms with Crippen LogP contribution in [0.3, 0.4) is 0 Å². The van der Waals surface area contributed by atoms with Crippen molar-refractivity contribution in [2.45, 2.75) is 38.3 Å². The monoisotopic (exact) mass is 156 g/mol. The predicted molar refractivity (Wildman–Crippen MR) is 48.5 cm³/mol. The molecule has 0 amide bonds. The summed E-state index contributed by atoms with van der Waals surface area (Å²) in [5.74, 6) is 0.921. The van der Waals surface area contributed by atoms with Crippen LogP contribution in [0.4, 0.5) is 0 Å². The Labute approximate surface area is 69.8 Å². The van der Waals surface area contributed by atoms with E-state index in [4.69, 9.17) is 0 Å². The van der Waals surface area contributed by atoms with Gasteiger partial charge >= 0.3 is 0 Å². The number of hydrogen-bond acceptors (Lipinski definition) is 2. The van der Waals surface area contributed by atoms with Crippen LogP contribution >= 0.6 is 0 Å². The normalized spacial score (nSPS) is 25.4. The van der Waals surface area contributed by atoms with E-state index in [2.05, 4.69) is 17.6 Å². The Balaban J connectivity index is 2.45. The molecule has 0 aliphatic heterocycles. The third-order valence-corrected chi connectivity index (χ3v) is 3.08. The average Bonchev–Trinajstić information content (AvgIpc) is 2.07. The van der Waals surface area contributed by atoms with Gasteiger partial charge in [-0.05, 0) is 45.7 Å². The van der Waals surface area contributed by atoms with Gasteiger partial charge in [0.15, 0.2) is 0 Å². The van der Waals surface area contributed by atoms with Crippen molar-refractivity contribution in [2.75, 3.05) is 14.1 Å². The fraction of sp³-hybridized carbons (Fsp3) is 1.00. The van der Waals surface area contributed by atoms with Crippen molar-refractivity contribution in [3.05, 3.63) is 0 Å². The molecule has 1 aliphatic carbocycles. The topological polar surface area (TPSA) is 24.1 Å². The molecule has 2 N–H and O–H groups in total. The first-order chi connectivity index (χ1) is 5.22. The summed E-state index contributed by atoms with van der Waals surface area (Å²) in [7, 11) is 4.10. The van der Waals surface area contributed by atoms with Gasteiger partial charge in [-0.3, -0.25) is 0 Å². The van der Waals surface area contributed by atoms with E-state index in [-0.39, 0.29) is 5.66 Å². The summed E-state index contributed by atoms with van der Waals surface area (Å²) in [6, 6.07) is 0. The van der Waals surface area contributed by atoms with E-state index in [9.17, 15) is 0 Å². The molecular weight excluding hydrogens is 136 g/mol. The van der Waals surface area contributed by atoms with Gasteiger partial charge in [0, 0.05) is 0 Å². The fourth-order valence-corrected chi connectivity index (χ4v) is 1.88. The van der Waals surface area contributed by atoms with Gasteiger partial charge in [0.05, 0.1) is 5.66 Å². The van der Waals surface area contributed by atoms with Crippen LogP contribution in [0.25, 0.3) is 0 Å². The molecular formula is C9H20N2. The lowest BCUT2D eigenvalue weighted by atomic mass is 9.83. The fourth-order valence-electron chi connectivity index (χ4n) is 1.88. The molecule has 1 rings (SSSR count). The summed E-state index contributed by atoms with van der Waals surface area (Å²) in [6.07, 6.45) is 5.23. The van der Waals surface area contributed by atoms with Crippen molar-refractivity contribution in [1.82, 2.24) is 10.6 Å². The van der Waals surface area contributed by atoms with Gasteiger partial charge < -0.3 is 10.6 Å². The molecule has 0 radical (unpaired) electrons. The second-order valence-electron chi connectivity index (χ2n) is 3.76. The van der Waals surface area contributed by atoms with Crippen LogP contribution in [0.5, 0.6) is 0 Å². The Kier molecular flexibility index (Phi) is 2.90. The Bertz CT molecular complexity index is 109. The second-order valence-corrected chi connectivity index (χ2v) is 3.76. The lowest BCUT2D eigenvalue weighted by Crippen LogP contribution is -2.55. The minimum Gasteiger partial charge on any atom is -0.302 e. The van der Waals surface area contributed by atoms with Crippen LogP contribution in [-0.2, 0) is 0 Å². The van der Waals surface area contributed by atoms with Gasteiger partial charge in [0.1, 0.15) is 0 Å². The maximum Gasteiger partial charge on any atom is 0.0682 e. The van der Waals surface area contributed by atoms with E-state index in [0.29, 0.717) is 0 Å². The highest BCUT2D eigenvalue weighted by Gasteiger charge is 2.30. The van der Waals surface area contributed by atoms with E-state index in [0.717, 1.165) is 5.92 Å². The van der Waals surface area contributed by atoms with Crippen LogP contribution in [0.15, 0.2) is 0 Å². The molecule has 0 aromatic carbocycles. The zero-order chi connectivity index (χ0) is 8.32. The molecule has 66 valence electrons. The molecule has 0 spiro atoms. The first-order valence-corrected chi connectivity index (χ1v) is 4.60. The highest BCUT2D eigenvalue weighted by Crippen LogP contribution is 2.29. The van der Waals surface area contributed by atoms with Crippen LogP contribution < -0.4 is 10.6 Å². The van der Waals surface area contributed by atoms with E-state index < -0.39 is 0 Å². The zero-order valence-electron chi connectivity index (χ0n) is 7.91. The third kappa shape index (κ3) is 1.94. The van der Waals surface area contributed by atoms with Gasteiger partial charge in [-0.1, -0.05) is 6.92 Å². The van der Waals surface area contributed by atoms with E-state index in [1.807, 2.05) is 14.1 Å². The Morgan fingerprint density at radius 1 is 1.09 bits per heavy atom. The minimum absolute atomic E-state index is 0.243. The molecule has 1 fully saturated rings. The SMILES string of the molecule is CNC1(NC)CCC(C)CC1. The van der Waals surface area contributed by atoms with E-state index in [1.54, 1.807) is 0 Å². The zero-order valence-corrected chi connectivity index (χ0v) is 7.91. The average molecular weight is 156 g/mol. The van der Waals surface area contributed by atoms with Crippen molar-refractivity contribution >= 4 is 0 Å². The maximum absolute atomic E-state index is 3.38. The van der Waals surface area contributed by atoms with Crippen molar-refractivity contribution < 1.29 is 0 Å². The summed E-state index contributed by atoms with van der Waals surface area (Å²) >= 11 is 0. The summed E-state index contributed by atoms with van der Waals surface area (Å²) < 4.78 is 0. The molecule has 0 heterocycles. The largest absolute Gasteiger partial charge is 0.302 e. The van der Waals surface area contributed by atoms with Crippen molar-refractivity contribution in [3.63, 3.8) is 0 Å². The first-order valence-electron chi connectivity index (χ1n) is 4.60. The molecule has 2 nitrogen and oxygen atoms in total. The molecule has 11 heavy (non-hydrogen) atoms. The molecule has 0 atom stereocenters. The van der Waals surface area contributed by atoms with Gasteiger partial charge in [-0.15, -0.1) is 0 Å². The highest BCUT2D eigenvalue weighted by atomic mass is 15.2. The maximum atomic E-state index is 3.38. The van der Waals surface area contributed by atoms with E-state index >= 15 is 0 Å². The van der Waals surface area contributed by atoms with E-state index in [1.165, 1.54) is 25.7 Å². The molecule has 0 aromatic rings. The standard InChI is InChI=1S/C9H20N2/c1-8-4-6-9(10-2,11-3)7-5-8/h8,10-11H,4-7H2,1-3H3. The molecule has 0 unspecified atom stereocenters. The van der Waals surface area contributed by atoms with Crippen molar-refractivity contribution in [3.8, 4) is 0 Å². The van der Waals surface area contributed by atoms with Gasteiger partial charge in [0.2, 0.25) is 0 Å². The smallest absolute Gasteiger partial charge is 0.0682 e. The molecule has 1 aliphatic rings. The van der Waals surface area contributed by atoms with Crippen molar-refractivity contribution in [2.24, 2.45) is 5.92 Å². The molecule has 2 heteroatoms. The second kappa shape index (κ2) is 3.55. The van der Waals surface area contributed by atoms with Crippen molar-refractivity contribution in [1.29, 1.82) is 0 Å². The summed E-state index contributed by atoms with van der Waals surface area (Å²) in [5.41, 5.74) is 0.243. The van der Waals surface area contributed by atoms with Gasteiger partial charge in [0.25, 0.3) is 0 Å². The van der Waals surface area contributed by atoms with Crippen LogP contribution in [0.2, 0.25) is 0 Å². The molecule has 1 saturated carbocycles. The third-order valence-electron chi connectivity index (χ3n) is 3.08. The minimum atomic E-state index is 0.243. The van der Waals surface area contributed by atoms with Gasteiger partial charge in [-0.2, -0.15) is 0 Å². The molecule has 0 bridgehead atoms. The lowest BCUT2D eigenvalue weighted by molar-refractivity contribution is 0.175. The predicted octanol–water partition coefficient (Wildman–Crippen LogP) is 1.33. The number of rotatable bonds is 2. The summed E-state index contributed by atoms with van der Waals surface area (Å²) in [5, 5.41) is 6.75. The first kappa shape index (κ1) is 9.01. The Hall–Kier alpha value is -0.0800. The lowest BCUT2D eigenvalue weighted by Gasteiger charge is -2.39. The number of hydrogen-bond donors (Lipinski definition) is 2. The molecule has 0 saturated heterocycles. The summed E-state index contributed by atoms with van der Waals surface area (Å²) in [6.45, 7) is 2.34. The van der Waals surface area contributed by atoms with Crippen LogP contribution in [0, 0.1) is 5.92 Å². The van der Waals surface area contributed by atoms with Gasteiger partial charge in [-0.25, -0.2) is 0 Å². The summed E-state index contributed by atoms with van der Waals surface area (Å²) in [4.78, 5) is 0. The quantitative estimate of drug-likeness (QED) is 0.589. The number of nitrogens with one attached hydrogen (secondary N) is 2. The van der Waals surface area contributed by atoms with Crippen LogP contribution in [-0.4, -0.2) is 19.8 Å². The Morgan fingerprint density at radius 2 is 1.55 bits per heavy atom. The van der Waals surface area contributed by atoms with Crippen LogP contribution in [0.1, 0.15) is 32.6 Å². The molecule has 0 aromatic heterocycles. The Morgan fingerprint density at radius 3 is 1.91 bits per heavy atom. The highest BCUT2D eigenvalue weighted by molar-refractivity contribution is 4.87.